The molecule has 0 radical (unpaired) electrons. The van der Waals surface area contributed by atoms with E-state index >= 15 is 0 Å². The molecule has 0 rings (SSSR count). The van der Waals surface area contributed by atoms with Crippen molar-refractivity contribution in [2.45, 2.75) is 548 Å². The van der Waals surface area contributed by atoms with Gasteiger partial charge >= 0.3 is 145 Å². The summed E-state index contributed by atoms with van der Waals surface area (Å²) in [6.45, 7) is 11.4. The van der Waals surface area contributed by atoms with Gasteiger partial charge in [-0.05, 0) is 32.1 Å². The Morgan fingerprint density at radius 2 is 0.181 bits per heavy atom. The molecule has 0 aliphatic rings. The van der Waals surface area contributed by atoms with Crippen molar-refractivity contribution in [2.24, 2.45) is 0 Å². The molecule has 0 amide bonds. The topological polar surface area (TPSA) is 186 Å². The summed E-state index contributed by atoms with van der Waals surface area (Å²) in [4.78, 5) is 51.7. The average Bonchev–Trinajstić information content (AvgIpc) is 3.69. The summed E-state index contributed by atoms with van der Waals surface area (Å²) >= 11 is 0. The van der Waals surface area contributed by atoms with Crippen LogP contribution < -0.4 is 0 Å². The molecule has 10 nitrogen and oxygen atoms in total. The van der Waals surface area contributed by atoms with Crippen LogP contribution in [0, 0.1) is 0 Å². The molecule has 0 spiro atoms. The van der Waals surface area contributed by atoms with Gasteiger partial charge in [-0.2, -0.15) is 0 Å². The predicted molar refractivity (Wildman–Crippen MR) is 465 cm³/mol. The van der Waals surface area contributed by atoms with Crippen LogP contribution in [0.4, 0.5) is 0 Å². The smallest absolute Gasteiger partial charge is 0.481 e. The third-order valence-corrected chi connectivity index (χ3v) is 20.0. The summed E-state index contributed by atoms with van der Waals surface area (Å²) in [6.07, 6.45) is 101. The molecular weight excluding hydrogens is 1360 g/mol. The van der Waals surface area contributed by atoms with E-state index in [0.717, 1.165) is 64.2 Å². The number of hydrogen-bond acceptors (Lipinski definition) is 5. The van der Waals surface area contributed by atoms with Crippen molar-refractivity contribution in [3.8, 4) is 0 Å². The Labute approximate surface area is 735 Å². The molecule has 0 saturated carbocycles. The van der Waals surface area contributed by atoms with Crippen LogP contribution in [-0.4, -0.2) is 171 Å². The van der Waals surface area contributed by atoms with Crippen LogP contribution in [0.3, 0.4) is 0 Å². The zero-order valence-electron chi connectivity index (χ0n) is 71.9. The van der Waals surface area contributed by atoms with Crippen LogP contribution in [0.1, 0.15) is 548 Å². The second kappa shape index (κ2) is 123. The standard InChI is InChI=1S/5C18H36O2.5Mg/c5*1-2-3-4-5-6-7-8-9-10-11-12-13-14-15-16-17-18(19)20;;;;;/h5*2-17H2,1H3,(H,19,20);;;;;/q;;;;;5*+2. The maximum atomic E-state index is 10.3. The van der Waals surface area contributed by atoms with Gasteiger partial charge in [0, 0.05) is 32.1 Å². The Morgan fingerprint density at radius 3 is 0.238 bits per heavy atom. The number of unbranched alkanes of at least 4 members (excludes halogenated alkanes) is 70. The van der Waals surface area contributed by atoms with Crippen molar-refractivity contribution in [1.82, 2.24) is 0 Å². The van der Waals surface area contributed by atoms with Gasteiger partial charge in [0.25, 0.3) is 0 Å². The Balaban J connectivity index is -0.000000133. The Morgan fingerprint density at radius 1 is 0.124 bits per heavy atom. The molecular formula is C90H180Mg5O10+10. The molecule has 15 heteroatoms. The fraction of sp³-hybridized carbons (Fsp3) is 0.944. The summed E-state index contributed by atoms with van der Waals surface area (Å²) < 4.78 is 0. The summed E-state index contributed by atoms with van der Waals surface area (Å²) in [5, 5.41) is 42.6. The van der Waals surface area contributed by atoms with Gasteiger partial charge < -0.3 is 25.5 Å². The van der Waals surface area contributed by atoms with Crippen molar-refractivity contribution in [2.75, 3.05) is 0 Å². The van der Waals surface area contributed by atoms with Gasteiger partial charge in [-0.25, -0.2) is 0 Å². The molecule has 0 saturated heterocycles. The summed E-state index contributed by atoms with van der Waals surface area (Å²) in [7, 11) is 0. The first-order chi connectivity index (χ1) is 48.9. The van der Waals surface area contributed by atoms with Crippen molar-refractivity contribution in [3.05, 3.63) is 0 Å². The molecule has 0 aromatic rings. The Hall–Kier alpha value is 1.18. The van der Waals surface area contributed by atoms with Gasteiger partial charge in [-0.15, -0.1) is 0 Å². The van der Waals surface area contributed by atoms with Gasteiger partial charge in [0.2, 0.25) is 0 Å². The summed E-state index contributed by atoms with van der Waals surface area (Å²) in [6, 6.07) is 0. The van der Waals surface area contributed by atoms with Gasteiger partial charge in [0.05, 0.1) is 0 Å². The third kappa shape index (κ3) is 151. The predicted octanol–water partition coefficient (Wildman–Crippen LogP) is 29.8. The van der Waals surface area contributed by atoms with E-state index in [9.17, 15) is 24.0 Å². The average molecular weight is 1540 g/mol. The zero-order chi connectivity index (χ0) is 74.5. The van der Waals surface area contributed by atoms with E-state index in [2.05, 4.69) is 34.6 Å². The first kappa shape index (κ1) is 127. The summed E-state index contributed by atoms with van der Waals surface area (Å²) in [5.41, 5.74) is 0. The second-order valence-electron chi connectivity index (χ2n) is 30.5. The van der Waals surface area contributed by atoms with E-state index in [1.165, 1.54) is 417 Å². The quantitative estimate of drug-likeness (QED) is 0.0290. The number of rotatable bonds is 80. The van der Waals surface area contributed by atoms with E-state index in [1.54, 1.807) is 0 Å². The molecule has 0 aliphatic heterocycles. The van der Waals surface area contributed by atoms with Crippen LogP contribution in [0.15, 0.2) is 0 Å². The Kier molecular flexibility index (Phi) is 149. The minimum atomic E-state index is -0.653. The van der Waals surface area contributed by atoms with E-state index in [-0.39, 0.29) is 115 Å². The minimum Gasteiger partial charge on any atom is -0.481 e. The zero-order valence-corrected chi connectivity index (χ0v) is 79.0. The molecule has 0 heterocycles. The molecule has 600 valence electrons. The second-order valence-corrected chi connectivity index (χ2v) is 30.5. The van der Waals surface area contributed by atoms with Gasteiger partial charge in [-0.1, -0.05) is 484 Å². The number of carbonyl (C=O) groups is 5. The molecule has 105 heavy (non-hydrogen) atoms. The van der Waals surface area contributed by atoms with E-state index in [0.29, 0.717) is 32.1 Å². The maximum Gasteiger partial charge on any atom is 2.00 e. The first-order valence-corrected chi connectivity index (χ1v) is 44.9. The summed E-state index contributed by atoms with van der Waals surface area (Å²) in [5.74, 6) is -3.27. The van der Waals surface area contributed by atoms with E-state index in [1.807, 2.05) is 0 Å². The van der Waals surface area contributed by atoms with E-state index in [4.69, 9.17) is 25.5 Å². The third-order valence-electron chi connectivity index (χ3n) is 20.0. The molecule has 0 aliphatic carbocycles. The molecule has 5 N–H and O–H groups in total. The Bertz CT molecular complexity index is 1290. The van der Waals surface area contributed by atoms with Gasteiger partial charge in [0.15, 0.2) is 0 Å². The molecule has 0 bridgehead atoms. The van der Waals surface area contributed by atoms with Crippen molar-refractivity contribution >= 4 is 145 Å². The van der Waals surface area contributed by atoms with Crippen molar-refractivity contribution in [3.63, 3.8) is 0 Å². The molecule has 0 fully saturated rings. The van der Waals surface area contributed by atoms with Crippen molar-refractivity contribution in [1.29, 1.82) is 0 Å². The molecule has 0 aromatic carbocycles. The SMILES string of the molecule is CCCCCCCCCCCCCCCCCC(=O)O.CCCCCCCCCCCCCCCCCC(=O)O.CCCCCCCCCCCCCCCCCC(=O)O.CCCCCCCCCCCCCCCCCC(=O)O.CCCCCCCCCCCCCCCCCC(=O)O.[Mg+2].[Mg+2].[Mg+2].[Mg+2].[Mg+2]. The largest absolute Gasteiger partial charge is 2.00 e. The number of hydrogen-bond donors (Lipinski definition) is 5. The van der Waals surface area contributed by atoms with Crippen LogP contribution in [0.25, 0.3) is 0 Å². The van der Waals surface area contributed by atoms with Crippen LogP contribution in [0.2, 0.25) is 0 Å². The molecule has 0 aromatic heterocycles. The molecule has 0 atom stereocenters. The van der Waals surface area contributed by atoms with Crippen LogP contribution in [0.5, 0.6) is 0 Å². The van der Waals surface area contributed by atoms with Crippen molar-refractivity contribution < 1.29 is 49.5 Å². The number of carboxylic acids is 5. The monoisotopic (exact) mass is 1540 g/mol. The molecule has 0 unspecified atom stereocenters. The fourth-order valence-electron chi connectivity index (χ4n) is 13.2. The first-order valence-electron chi connectivity index (χ1n) is 44.9. The number of carboxylic acid groups (broad SMARTS) is 5. The maximum absolute atomic E-state index is 10.3. The fourth-order valence-corrected chi connectivity index (χ4v) is 13.2. The van der Waals surface area contributed by atoms with Gasteiger partial charge in [-0.3, -0.25) is 24.0 Å². The minimum absolute atomic E-state index is 0. The van der Waals surface area contributed by atoms with Gasteiger partial charge in [0.1, 0.15) is 0 Å². The van der Waals surface area contributed by atoms with Crippen LogP contribution >= 0.6 is 0 Å². The van der Waals surface area contributed by atoms with E-state index < -0.39 is 29.8 Å². The normalized spacial score (nSPS) is 10.3. The van der Waals surface area contributed by atoms with Crippen LogP contribution in [-0.2, 0) is 24.0 Å². The number of aliphatic carboxylic acids is 5.